The van der Waals surface area contributed by atoms with Gasteiger partial charge in [0.15, 0.2) is 0 Å². The maximum absolute atomic E-state index is 8.91. The van der Waals surface area contributed by atoms with E-state index in [4.69, 9.17) is 28.3 Å². The summed E-state index contributed by atoms with van der Waals surface area (Å²) >= 11 is 12.3. The van der Waals surface area contributed by atoms with Crippen molar-refractivity contribution >= 4 is 34.1 Å². The van der Waals surface area contributed by atoms with Gasteiger partial charge in [0, 0.05) is 24.7 Å². The zero-order valence-electron chi connectivity index (χ0n) is 9.71. The van der Waals surface area contributed by atoms with E-state index in [1.165, 1.54) is 5.56 Å². The van der Waals surface area contributed by atoms with Crippen LogP contribution in [0.5, 0.6) is 0 Å². The number of aliphatic hydroxyl groups excluding tert-OH is 1. The summed E-state index contributed by atoms with van der Waals surface area (Å²) in [4.78, 5) is 0. The molecule has 1 heterocycles. The molecular formula is C13H15Cl2NO. The third-order valence-electron chi connectivity index (χ3n) is 2.96. The maximum atomic E-state index is 8.91. The fourth-order valence-electron chi connectivity index (χ4n) is 2.12. The lowest BCUT2D eigenvalue weighted by molar-refractivity contribution is 0.288. The monoisotopic (exact) mass is 271 g/mol. The first-order chi connectivity index (χ1) is 8.19. The van der Waals surface area contributed by atoms with Crippen LogP contribution in [0.1, 0.15) is 18.9 Å². The summed E-state index contributed by atoms with van der Waals surface area (Å²) in [6.45, 7) is 3.14. The topological polar surface area (TPSA) is 25.2 Å². The second-order valence-electron chi connectivity index (χ2n) is 4.03. The van der Waals surface area contributed by atoms with Crippen LogP contribution in [0.2, 0.25) is 10.0 Å². The van der Waals surface area contributed by atoms with Gasteiger partial charge in [-0.15, -0.1) is 0 Å². The van der Waals surface area contributed by atoms with Gasteiger partial charge in [-0.2, -0.15) is 0 Å². The van der Waals surface area contributed by atoms with E-state index in [-0.39, 0.29) is 6.61 Å². The van der Waals surface area contributed by atoms with Gasteiger partial charge in [-0.3, -0.25) is 0 Å². The fourth-order valence-corrected chi connectivity index (χ4v) is 2.55. The number of aryl methyl sites for hydroxylation is 2. The SMILES string of the molecule is CCn1cc(CCCO)c2ccc(Cl)c(Cl)c21. The molecule has 0 aliphatic heterocycles. The van der Waals surface area contributed by atoms with Crippen molar-refractivity contribution in [1.29, 1.82) is 0 Å². The van der Waals surface area contributed by atoms with E-state index in [2.05, 4.69) is 17.7 Å². The van der Waals surface area contributed by atoms with Gasteiger partial charge in [0.25, 0.3) is 0 Å². The number of aromatic nitrogens is 1. The van der Waals surface area contributed by atoms with Crippen molar-refractivity contribution in [1.82, 2.24) is 4.57 Å². The van der Waals surface area contributed by atoms with Gasteiger partial charge >= 0.3 is 0 Å². The van der Waals surface area contributed by atoms with E-state index in [0.29, 0.717) is 10.0 Å². The zero-order chi connectivity index (χ0) is 12.4. The highest BCUT2D eigenvalue weighted by Crippen LogP contribution is 2.34. The number of fused-ring (bicyclic) bond motifs is 1. The summed E-state index contributed by atoms with van der Waals surface area (Å²) in [6, 6.07) is 3.83. The highest BCUT2D eigenvalue weighted by Gasteiger charge is 2.12. The van der Waals surface area contributed by atoms with Crippen molar-refractivity contribution in [2.24, 2.45) is 0 Å². The van der Waals surface area contributed by atoms with Crippen molar-refractivity contribution in [3.05, 3.63) is 33.9 Å². The van der Waals surface area contributed by atoms with Crippen LogP contribution in [-0.2, 0) is 13.0 Å². The molecule has 0 aliphatic carbocycles. The van der Waals surface area contributed by atoms with Crippen molar-refractivity contribution in [3.63, 3.8) is 0 Å². The van der Waals surface area contributed by atoms with Crippen molar-refractivity contribution in [2.75, 3.05) is 6.61 Å². The van der Waals surface area contributed by atoms with Gasteiger partial charge in [-0.1, -0.05) is 29.3 Å². The minimum atomic E-state index is 0.208. The molecule has 0 spiro atoms. The molecule has 0 saturated carbocycles. The van der Waals surface area contributed by atoms with Crippen LogP contribution in [0.25, 0.3) is 10.9 Å². The Labute approximate surface area is 111 Å². The van der Waals surface area contributed by atoms with Crippen LogP contribution in [0, 0.1) is 0 Å². The molecule has 4 heteroatoms. The Balaban J connectivity index is 2.60. The van der Waals surface area contributed by atoms with Crippen molar-refractivity contribution < 1.29 is 5.11 Å². The molecule has 0 bridgehead atoms. The second kappa shape index (κ2) is 5.30. The molecule has 0 unspecified atom stereocenters. The van der Waals surface area contributed by atoms with Crippen LogP contribution >= 0.6 is 23.2 Å². The average Bonchev–Trinajstić information content (AvgIpc) is 2.70. The Kier molecular flexibility index (Phi) is 3.97. The van der Waals surface area contributed by atoms with Gasteiger partial charge in [0.05, 0.1) is 15.6 Å². The predicted octanol–water partition coefficient (Wildman–Crippen LogP) is 3.89. The van der Waals surface area contributed by atoms with Gasteiger partial charge in [0.1, 0.15) is 0 Å². The molecule has 92 valence electrons. The zero-order valence-corrected chi connectivity index (χ0v) is 11.2. The third-order valence-corrected chi connectivity index (χ3v) is 3.75. The standard InChI is InChI=1S/C13H15Cl2NO/c1-2-16-8-9(4-3-7-17)10-5-6-11(14)12(15)13(10)16/h5-6,8,17H,2-4,7H2,1H3. The largest absolute Gasteiger partial charge is 0.396 e. The molecule has 0 aliphatic rings. The Bertz CT molecular complexity index is 534. The number of hydrogen-bond donors (Lipinski definition) is 1. The lowest BCUT2D eigenvalue weighted by atomic mass is 10.1. The summed E-state index contributed by atoms with van der Waals surface area (Å²) in [5.41, 5.74) is 2.21. The van der Waals surface area contributed by atoms with Crippen LogP contribution in [0.15, 0.2) is 18.3 Å². The van der Waals surface area contributed by atoms with Gasteiger partial charge in [-0.05, 0) is 31.4 Å². The number of benzene rings is 1. The summed E-state index contributed by atoms with van der Waals surface area (Å²) in [5.74, 6) is 0. The maximum Gasteiger partial charge on any atom is 0.0835 e. The third kappa shape index (κ3) is 2.30. The van der Waals surface area contributed by atoms with Crippen molar-refractivity contribution in [2.45, 2.75) is 26.3 Å². The first-order valence-corrected chi connectivity index (χ1v) is 6.51. The van der Waals surface area contributed by atoms with Gasteiger partial charge < -0.3 is 9.67 Å². The molecule has 17 heavy (non-hydrogen) atoms. The number of rotatable bonds is 4. The number of aliphatic hydroxyl groups is 1. The molecular weight excluding hydrogens is 257 g/mol. The first kappa shape index (κ1) is 12.7. The minimum Gasteiger partial charge on any atom is -0.396 e. The van der Waals surface area contributed by atoms with E-state index in [1.54, 1.807) is 0 Å². The van der Waals surface area contributed by atoms with E-state index < -0.39 is 0 Å². The van der Waals surface area contributed by atoms with E-state index in [1.807, 2.05) is 12.1 Å². The smallest absolute Gasteiger partial charge is 0.0835 e. The molecule has 1 aromatic heterocycles. The first-order valence-electron chi connectivity index (χ1n) is 5.75. The molecule has 2 nitrogen and oxygen atoms in total. The van der Waals surface area contributed by atoms with Crippen LogP contribution in [0.3, 0.4) is 0 Å². The normalized spacial score (nSPS) is 11.3. The van der Waals surface area contributed by atoms with Gasteiger partial charge in [-0.25, -0.2) is 0 Å². The lowest BCUT2D eigenvalue weighted by Gasteiger charge is -2.03. The molecule has 1 N–H and O–H groups in total. The molecule has 0 fully saturated rings. The fraction of sp³-hybridized carbons (Fsp3) is 0.385. The highest BCUT2D eigenvalue weighted by molar-refractivity contribution is 6.45. The molecule has 0 radical (unpaired) electrons. The molecule has 0 amide bonds. The Morgan fingerprint density at radius 1 is 1.29 bits per heavy atom. The lowest BCUT2D eigenvalue weighted by Crippen LogP contribution is -1.91. The van der Waals surface area contributed by atoms with Gasteiger partial charge in [0.2, 0.25) is 0 Å². The molecule has 0 atom stereocenters. The summed E-state index contributed by atoms with van der Waals surface area (Å²) in [6.07, 6.45) is 3.73. The van der Waals surface area contributed by atoms with Crippen molar-refractivity contribution in [3.8, 4) is 0 Å². The van der Waals surface area contributed by atoms with E-state index in [9.17, 15) is 0 Å². The summed E-state index contributed by atoms with van der Waals surface area (Å²) in [5, 5.41) is 11.2. The van der Waals surface area contributed by atoms with Crippen LogP contribution < -0.4 is 0 Å². The molecule has 1 aromatic carbocycles. The summed E-state index contributed by atoms with van der Waals surface area (Å²) in [7, 11) is 0. The Hall–Kier alpha value is -0.700. The average molecular weight is 272 g/mol. The molecule has 2 rings (SSSR count). The number of nitrogens with zero attached hydrogens (tertiary/aromatic N) is 1. The predicted molar refractivity (Wildman–Crippen MR) is 73.0 cm³/mol. The quantitative estimate of drug-likeness (QED) is 0.897. The van der Waals surface area contributed by atoms with Crippen LogP contribution in [0.4, 0.5) is 0 Å². The van der Waals surface area contributed by atoms with E-state index >= 15 is 0 Å². The van der Waals surface area contributed by atoms with Crippen LogP contribution in [-0.4, -0.2) is 16.3 Å². The molecule has 0 saturated heterocycles. The number of halogens is 2. The second-order valence-corrected chi connectivity index (χ2v) is 4.81. The summed E-state index contributed by atoms with van der Waals surface area (Å²) < 4.78 is 2.11. The Morgan fingerprint density at radius 2 is 2.06 bits per heavy atom. The van der Waals surface area contributed by atoms with E-state index in [0.717, 1.165) is 30.3 Å². The minimum absolute atomic E-state index is 0.208. The Morgan fingerprint density at radius 3 is 2.71 bits per heavy atom. The number of hydrogen-bond acceptors (Lipinski definition) is 1. The highest BCUT2D eigenvalue weighted by atomic mass is 35.5. The molecule has 2 aromatic rings.